The van der Waals surface area contributed by atoms with Gasteiger partial charge < -0.3 is 37.9 Å². The predicted octanol–water partition coefficient (Wildman–Crippen LogP) is 15.8. The molecule has 8 nitrogen and oxygen atoms in total. The van der Waals surface area contributed by atoms with Crippen LogP contribution in [-0.4, -0.2) is 60.9 Å². The van der Waals surface area contributed by atoms with E-state index >= 15 is 0 Å². The van der Waals surface area contributed by atoms with Crippen molar-refractivity contribution in [3.63, 3.8) is 0 Å². The Morgan fingerprint density at radius 2 is 0.527 bits per heavy atom. The lowest BCUT2D eigenvalue weighted by Gasteiger charge is -2.38. The van der Waals surface area contributed by atoms with Gasteiger partial charge in [0.2, 0.25) is 0 Å². The second-order valence-corrected chi connectivity index (χ2v) is 25.0. The third-order valence-electron chi connectivity index (χ3n) is 12.2. The number of ether oxygens (including phenoxy) is 8. The fraction of sp³-hybridized carbons (Fsp3) is 0.508. The molecule has 0 unspecified atom stereocenters. The minimum atomic E-state index is -2.03. The molecule has 0 atom stereocenters. The Kier molecular flexibility index (Phi) is 26.2. The van der Waals surface area contributed by atoms with Crippen molar-refractivity contribution in [1.29, 1.82) is 0 Å². The largest absolute Gasteiger partial charge is 0.494 e. The van der Waals surface area contributed by atoms with Crippen LogP contribution in [0.4, 0.5) is 0 Å². The van der Waals surface area contributed by atoms with Crippen molar-refractivity contribution in [3.05, 3.63) is 93.5 Å². The highest BCUT2D eigenvalue weighted by Gasteiger charge is 2.41. The standard InChI is InChI=1S/C65H86O8Si/c1-15-32-66-58-29-30-59(67-33-16-2)51(41-58)23-24-52-42-61(69-35-18-4)53(43-60(52)68-34-17-3)25-26-54-44-63(71-37-20-6)55(45-62(54)70-36-19-5)27-28-56-46-65(73-39-22-8)57(47-64(56)72-38-21-7)31-40-74(48(9)10,49(11)12)50(13)14/h29-30,41-50H,15-22,32-39H2,1-14H3. The van der Waals surface area contributed by atoms with E-state index in [-0.39, 0.29) is 0 Å². The van der Waals surface area contributed by atoms with Crippen LogP contribution in [0.3, 0.4) is 0 Å². The fourth-order valence-electron chi connectivity index (χ4n) is 8.52. The van der Waals surface area contributed by atoms with Gasteiger partial charge in [-0.05, 0) is 86.2 Å². The molecule has 0 saturated heterocycles. The first-order valence-electron chi connectivity index (χ1n) is 27.6. The Labute approximate surface area is 448 Å². The summed E-state index contributed by atoms with van der Waals surface area (Å²) in [5, 5.41) is 0. The van der Waals surface area contributed by atoms with E-state index in [4.69, 9.17) is 37.9 Å². The van der Waals surface area contributed by atoms with Gasteiger partial charge >= 0.3 is 0 Å². The molecule has 4 rings (SSSR count). The zero-order valence-corrected chi connectivity index (χ0v) is 48.5. The molecule has 0 fully saturated rings. The van der Waals surface area contributed by atoms with Crippen molar-refractivity contribution in [3.8, 4) is 93.0 Å². The lowest BCUT2D eigenvalue weighted by molar-refractivity contribution is 0.307. The summed E-state index contributed by atoms with van der Waals surface area (Å²) in [6, 6.07) is 17.6. The van der Waals surface area contributed by atoms with Gasteiger partial charge in [0.05, 0.1) is 91.8 Å². The summed E-state index contributed by atoms with van der Waals surface area (Å²) in [7, 11) is -2.03. The first-order chi connectivity index (χ1) is 35.8. The highest BCUT2D eigenvalue weighted by Crippen LogP contribution is 2.41. The molecule has 398 valence electrons. The smallest absolute Gasteiger partial charge is 0.146 e. The molecule has 0 aliphatic carbocycles. The molecule has 0 aromatic heterocycles. The summed E-state index contributed by atoms with van der Waals surface area (Å²) in [4.78, 5) is 0. The van der Waals surface area contributed by atoms with Crippen LogP contribution in [0.5, 0.6) is 46.0 Å². The van der Waals surface area contributed by atoms with E-state index in [9.17, 15) is 0 Å². The maximum atomic E-state index is 6.44. The van der Waals surface area contributed by atoms with Crippen molar-refractivity contribution >= 4 is 8.07 Å². The van der Waals surface area contributed by atoms with Crippen LogP contribution in [0.2, 0.25) is 16.6 Å². The molecule has 0 aliphatic rings. The van der Waals surface area contributed by atoms with E-state index in [2.05, 4.69) is 144 Å². The van der Waals surface area contributed by atoms with Crippen LogP contribution < -0.4 is 37.9 Å². The predicted molar refractivity (Wildman–Crippen MR) is 308 cm³/mol. The van der Waals surface area contributed by atoms with E-state index < -0.39 is 8.07 Å². The van der Waals surface area contributed by atoms with Crippen LogP contribution in [0.25, 0.3) is 0 Å². The summed E-state index contributed by atoms with van der Waals surface area (Å²) in [5.74, 6) is 29.5. The van der Waals surface area contributed by atoms with Gasteiger partial charge in [-0.25, -0.2) is 0 Å². The Bertz CT molecular complexity index is 2630. The summed E-state index contributed by atoms with van der Waals surface area (Å²) >= 11 is 0. The maximum Gasteiger partial charge on any atom is 0.146 e. The van der Waals surface area contributed by atoms with E-state index in [0.29, 0.717) is 138 Å². The fourth-order valence-corrected chi connectivity index (χ4v) is 13.7. The molecule has 0 radical (unpaired) electrons. The zero-order chi connectivity index (χ0) is 53.9. The van der Waals surface area contributed by atoms with Gasteiger partial charge in [0.15, 0.2) is 0 Å². The summed E-state index contributed by atoms with van der Waals surface area (Å²) in [6.07, 6.45) is 6.74. The van der Waals surface area contributed by atoms with E-state index in [1.165, 1.54) is 0 Å². The lowest BCUT2D eigenvalue weighted by Crippen LogP contribution is -2.43. The average Bonchev–Trinajstić information content (AvgIpc) is 3.39. The minimum Gasteiger partial charge on any atom is -0.494 e. The third-order valence-corrected chi connectivity index (χ3v) is 18.5. The number of benzene rings is 4. The van der Waals surface area contributed by atoms with Crippen molar-refractivity contribution in [2.24, 2.45) is 0 Å². The molecule has 4 aromatic carbocycles. The highest BCUT2D eigenvalue weighted by molar-refractivity contribution is 6.90. The number of rotatable bonds is 27. The zero-order valence-electron chi connectivity index (χ0n) is 47.5. The Morgan fingerprint density at radius 1 is 0.297 bits per heavy atom. The molecule has 0 spiro atoms. The van der Waals surface area contributed by atoms with Gasteiger partial charge in [-0.15, -0.1) is 5.54 Å². The van der Waals surface area contributed by atoms with Crippen LogP contribution >= 0.6 is 0 Å². The summed E-state index contributed by atoms with van der Waals surface area (Å²) in [5.41, 5.74) is 10.4. The van der Waals surface area contributed by atoms with E-state index in [1.807, 2.05) is 54.6 Å². The van der Waals surface area contributed by atoms with Gasteiger partial charge in [0.25, 0.3) is 0 Å². The normalized spacial score (nSPS) is 10.8. The van der Waals surface area contributed by atoms with Gasteiger partial charge in [-0.3, -0.25) is 0 Å². The third kappa shape index (κ3) is 17.4. The lowest BCUT2D eigenvalue weighted by atomic mass is 10.0. The first-order valence-corrected chi connectivity index (χ1v) is 29.9. The molecule has 0 amide bonds. The molecule has 9 heteroatoms. The highest BCUT2D eigenvalue weighted by atomic mass is 28.3. The molecular weight excluding hydrogens is 937 g/mol. The van der Waals surface area contributed by atoms with Crippen LogP contribution in [-0.2, 0) is 0 Å². The SMILES string of the molecule is CCCOc1ccc(OCCC)c(C#Cc2cc(OCCC)c(C#Cc3cc(OCCC)c(C#Cc4cc(OCCC)c(C#C[Si](C(C)C)(C(C)C)C(C)C)cc4OCCC)cc3OCCC)cc2OCCC)c1. The van der Waals surface area contributed by atoms with Gasteiger partial charge in [0, 0.05) is 36.4 Å². The maximum absolute atomic E-state index is 6.44. The van der Waals surface area contributed by atoms with Crippen molar-refractivity contribution in [1.82, 2.24) is 0 Å². The average molecular weight is 1020 g/mol. The Balaban J connectivity index is 1.93. The van der Waals surface area contributed by atoms with Crippen LogP contribution in [0.15, 0.2) is 54.6 Å². The summed E-state index contributed by atoms with van der Waals surface area (Å²) < 4.78 is 50.6. The first kappa shape index (κ1) is 60.3. The van der Waals surface area contributed by atoms with Gasteiger partial charge in [-0.1, -0.05) is 138 Å². The molecule has 0 aliphatic heterocycles. The van der Waals surface area contributed by atoms with Crippen LogP contribution in [0.1, 0.15) is 187 Å². The molecular formula is C65H86O8Si. The monoisotopic (exact) mass is 1020 g/mol. The van der Waals surface area contributed by atoms with E-state index in [1.54, 1.807) is 0 Å². The minimum absolute atomic E-state index is 0.493. The molecule has 74 heavy (non-hydrogen) atoms. The quantitative estimate of drug-likeness (QED) is 0.0432. The molecule has 0 saturated carbocycles. The van der Waals surface area contributed by atoms with Gasteiger partial charge in [0.1, 0.15) is 54.1 Å². The molecule has 0 bridgehead atoms. The Morgan fingerprint density at radius 3 is 0.784 bits per heavy atom. The van der Waals surface area contributed by atoms with Crippen molar-refractivity contribution in [2.75, 3.05) is 52.9 Å². The van der Waals surface area contributed by atoms with E-state index in [0.717, 1.165) is 68.2 Å². The van der Waals surface area contributed by atoms with Crippen molar-refractivity contribution < 1.29 is 37.9 Å². The molecule has 0 heterocycles. The summed E-state index contributed by atoms with van der Waals surface area (Å²) in [6.45, 7) is 35.0. The number of hydrogen-bond acceptors (Lipinski definition) is 8. The second kappa shape index (κ2) is 32.1. The topological polar surface area (TPSA) is 73.8 Å². The number of hydrogen-bond donors (Lipinski definition) is 0. The van der Waals surface area contributed by atoms with Gasteiger partial charge in [-0.2, -0.15) is 0 Å². The Hall–Kier alpha value is -6.26. The second-order valence-electron chi connectivity index (χ2n) is 19.4. The molecule has 4 aromatic rings. The van der Waals surface area contributed by atoms with Crippen LogP contribution in [0, 0.1) is 47.0 Å². The van der Waals surface area contributed by atoms with Crippen molar-refractivity contribution in [2.45, 2.75) is 165 Å². The molecule has 0 N–H and O–H groups in total.